The number of rotatable bonds is 43. The number of amides is 1. The number of hydrogen-bond acceptors (Lipinski definition) is 3. The molecule has 0 rings (SSSR count). The van der Waals surface area contributed by atoms with Gasteiger partial charge < -0.3 is 15.5 Å². The van der Waals surface area contributed by atoms with E-state index >= 15 is 0 Å². The van der Waals surface area contributed by atoms with E-state index in [1.54, 1.807) is 6.08 Å². The Balaban J connectivity index is 3.70. The highest BCUT2D eigenvalue weighted by Crippen LogP contribution is 2.14. The first-order valence-electron chi connectivity index (χ1n) is 24.7. The van der Waals surface area contributed by atoms with E-state index in [1.165, 1.54) is 89.9 Å². The van der Waals surface area contributed by atoms with Crippen LogP contribution in [0.1, 0.15) is 206 Å². The highest BCUT2D eigenvalue weighted by atomic mass is 16.3. The van der Waals surface area contributed by atoms with Gasteiger partial charge in [0.2, 0.25) is 5.91 Å². The zero-order valence-electron chi connectivity index (χ0n) is 38.9. The third-order valence-electron chi connectivity index (χ3n) is 10.5. The SMILES string of the molecule is CC/C=C\C/C=C\C/C=C\C/C=C\C/C=C\C/C=C\C/C=C\C/C=C\C/C=C\CCCCCCCC(=O)NC(CO)C(O)/C=C/CCCCCCCCCCCCCCC. The minimum Gasteiger partial charge on any atom is -0.394 e. The number of hydrogen-bond donors (Lipinski definition) is 3. The Morgan fingerprint density at radius 1 is 0.417 bits per heavy atom. The number of aliphatic hydroxyl groups excluding tert-OH is 2. The lowest BCUT2D eigenvalue weighted by atomic mass is 10.0. The van der Waals surface area contributed by atoms with Crippen molar-refractivity contribution in [3.05, 3.63) is 122 Å². The Kier molecular flexibility index (Phi) is 47.5. The monoisotopic (exact) mass is 828 g/mol. The van der Waals surface area contributed by atoms with Crippen LogP contribution in [0.2, 0.25) is 0 Å². The van der Waals surface area contributed by atoms with Crippen molar-refractivity contribution in [2.24, 2.45) is 0 Å². The Morgan fingerprint density at radius 2 is 0.733 bits per heavy atom. The average Bonchev–Trinajstić information content (AvgIpc) is 3.25. The Morgan fingerprint density at radius 3 is 1.10 bits per heavy atom. The van der Waals surface area contributed by atoms with Gasteiger partial charge in [-0.15, -0.1) is 0 Å². The molecule has 340 valence electrons. The Labute approximate surface area is 371 Å². The molecule has 1 amide bonds. The van der Waals surface area contributed by atoms with E-state index in [4.69, 9.17) is 0 Å². The summed E-state index contributed by atoms with van der Waals surface area (Å²) < 4.78 is 0. The van der Waals surface area contributed by atoms with Gasteiger partial charge in [-0.3, -0.25) is 4.79 Å². The molecule has 0 aliphatic carbocycles. The van der Waals surface area contributed by atoms with Gasteiger partial charge in [0.1, 0.15) is 0 Å². The molecule has 2 unspecified atom stereocenters. The lowest BCUT2D eigenvalue weighted by Crippen LogP contribution is -2.45. The second kappa shape index (κ2) is 50.1. The van der Waals surface area contributed by atoms with Crippen molar-refractivity contribution >= 4 is 5.91 Å². The highest BCUT2D eigenvalue weighted by Gasteiger charge is 2.17. The predicted molar refractivity (Wildman–Crippen MR) is 266 cm³/mol. The van der Waals surface area contributed by atoms with E-state index in [9.17, 15) is 15.0 Å². The summed E-state index contributed by atoms with van der Waals surface area (Å²) in [4.78, 5) is 12.4. The van der Waals surface area contributed by atoms with Crippen molar-refractivity contribution in [1.29, 1.82) is 0 Å². The summed E-state index contributed by atoms with van der Waals surface area (Å²) in [5.41, 5.74) is 0. The van der Waals surface area contributed by atoms with Crippen LogP contribution in [-0.2, 0) is 4.79 Å². The van der Waals surface area contributed by atoms with Crippen molar-refractivity contribution in [1.82, 2.24) is 5.32 Å². The van der Waals surface area contributed by atoms with Crippen molar-refractivity contribution in [3.8, 4) is 0 Å². The first-order valence-corrected chi connectivity index (χ1v) is 24.7. The quantitative estimate of drug-likeness (QED) is 0.0424. The van der Waals surface area contributed by atoms with Gasteiger partial charge in [0.25, 0.3) is 0 Å². The zero-order valence-corrected chi connectivity index (χ0v) is 38.9. The van der Waals surface area contributed by atoms with Crippen LogP contribution in [0.3, 0.4) is 0 Å². The normalized spacial score (nSPS) is 14.0. The maximum absolute atomic E-state index is 12.4. The van der Waals surface area contributed by atoms with Crippen LogP contribution in [0.15, 0.2) is 122 Å². The third kappa shape index (κ3) is 45.9. The van der Waals surface area contributed by atoms with Crippen LogP contribution in [0.25, 0.3) is 0 Å². The fourth-order valence-corrected chi connectivity index (χ4v) is 6.70. The molecule has 0 aromatic rings. The van der Waals surface area contributed by atoms with Gasteiger partial charge in [0.05, 0.1) is 18.8 Å². The number of aliphatic hydroxyl groups is 2. The standard InChI is InChI=1S/C56H93NO3/c1-3-5-7-9-11-13-15-17-19-20-21-22-23-24-25-26-27-28-29-30-31-32-33-34-35-36-38-40-42-44-46-48-50-52-56(60)57-54(53-58)55(59)51-49-47-45-43-41-39-37-18-16-14-12-10-8-6-4-2/h5,7,11,13,17,19,21-22,24-25,27-28,30-31,33-34,36,38,49,51,54-55,58-59H,3-4,6,8-10,12,14-16,18,20,23,26,29,32,35,37,39-48,50,52-53H2,1-2H3,(H,57,60)/b7-5-,13-11-,19-17-,22-21-,25-24-,28-27-,31-30-,34-33-,38-36-,51-49+. The number of allylic oxidation sites excluding steroid dienone is 19. The van der Waals surface area contributed by atoms with E-state index in [1.807, 2.05) is 6.08 Å². The van der Waals surface area contributed by atoms with Gasteiger partial charge >= 0.3 is 0 Å². The first kappa shape index (κ1) is 56.8. The molecule has 0 spiro atoms. The first-order chi connectivity index (χ1) is 29.7. The van der Waals surface area contributed by atoms with Crippen LogP contribution in [-0.4, -0.2) is 34.9 Å². The van der Waals surface area contributed by atoms with E-state index < -0.39 is 12.1 Å². The average molecular weight is 828 g/mol. The number of unbranched alkanes of at least 4 members (excludes halogenated alkanes) is 18. The fourth-order valence-electron chi connectivity index (χ4n) is 6.70. The summed E-state index contributed by atoms with van der Waals surface area (Å²) >= 11 is 0. The second-order valence-electron chi connectivity index (χ2n) is 16.1. The Hall–Kier alpha value is -3.21. The van der Waals surface area contributed by atoms with Crippen molar-refractivity contribution in [2.45, 2.75) is 219 Å². The number of carbonyl (C=O) groups excluding carboxylic acids is 1. The van der Waals surface area contributed by atoms with Gasteiger partial charge in [-0.1, -0.05) is 232 Å². The minimum absolute atomic E-state index is 0.0886. The predicted octanol–water partition coefficient (Wildman–Crippen LogP) is 16.1. The molecule has 2 atom stereocenters. The van der Waals surface area contributed by atoms with E-state index in [0.717, 1.165) is 96.3 Å². The number of carbonyl (C=O) groups is 1. The van der Waals surface area contributed by atoms with Gasteiger partial charge in [0.15, 0.2) is 0 Å². The molecule has 0 saturated carbocycles. The fraction of sp³-hybridized carbons (Fsp3) is 0.625. The smallest absolute Gasteiger partial charge is 0.220 e. The Bertz CT molecular complexity index is 1210. The topological polar surface area (TPSA) is 69.6 Å². The van der Waals surface area contributed by atoms with Gasteiger partial charge in [-0.25, -0.2) is 0 Å². The molecule has 4 heteroatoms. The van der Waals surface area contributed by atoms with Crippen molar-refractivity contribution in [2.75, 3.05) is 6.61 Å². The molecule has 0 aliphatic rings. The van der Waals surface area contributed by atoms with Crippen LogP contribution in [0, 0.1) is 0 Å². The van der Waals surface area contributed by atoms with E-state index in [-0.39, 0.29) is 12.5 Å². The third-order valence-corrected chi connectivity index (χ3v) is 10.5. The maximum atomic E-state index is 12.4. The van der Waals surface area contributed by atoms with Crippen LogP contribution in [0.5, 0.6) is 0 Å². The molecule has 0 radical (unpaired) electrons. The molecule has 0 fully saturated rings. The summed E-state index contributed by atoms with van der Waals surface area (Å²) in [6.45, 7) is 4.17. The number of nitrogens with one attached hydrogen (secondary N) is 1. The molecule has 0 aromatic carbocycles. The summed E-state index contributed by atoms with van der Waals surface area (Å²) in [7, 11) is 0. The second-order valence-corrected chi connectivity index (χ2v) is 16.1. The summed E-state index contributed by atoms with van der Waals surface area (Å²) in [5, 5.41) is 23.0. The molecule has 60 heavy (non-hydrogen) atoms. The lowest BCUT2D eigenvalue weighted by molar-refractivity contribution is -0.123. The van der Waals surface area contributed by atoms with Crippen molar-refractivity contribution in [3.63, 3.8) is 0 Å². The minimum atomic E-state index is -0.856. The maximum Gasteiger partial charge on any atom is 0.220 e. The molecule has 4 nitrogen and oxygen atoms in total. The van der Waals surface area contributed by atoms with E-state index in [0.29, 0.717) is 6.42 Å². The molecule has 0 aliphatic heterocycles. The molecular weight excluding hydrogens is 735 g/mol. The zero-order chi connectivity index (χ0) is 43.5. The van der Waals surface area contributed by atoms with Gasteiger partial charge in [0, 0.05) is 6.42 Å². The summed E-state index contributed by atoms with van der Waals surface area (Å²) in [6.07, 6.45) is 77.4. The van der Waals surface area contributed by atoms with Crippen molar-refractivity contribution < 1.29 is 15.0 Å². The van der Waals surface area contributed by atoms with Crippen LogP contribution < -0.4 is 5.32 Å². The van der Waals surface area contributed by atoms with Crippen LogP contribution >= 0.6 is 0 Å². The lowest BCUT2D eigenvalue weighted by Gasteiger charge is -2.20. The molecule has 0 heterocycles. The van der Waals surface area contributed by atoms with Crippen LogP contribution in [0.4, 0.5) is 0 Å². The molecular formula is C56H93NO3. The van der Waals surface area contributed by atoms with Gasteiger partial charge in [-0.05, 0) is 89.9 Å². The largest absolute Gasteiger partial charge is 0.394 e. The molecule has 3 N–H and O–H groups in total. The molecule has 0 aromatic heterocycles. The van der Waals surface area contributed by atoms with E-state index in [2.05, 4.69) is 129 Å². The summed E-state index contributed by atoms with van der Waals surface area (Å²) in [5.74, 6) is -0.0886. The highest BCUT2D eigenvalue weighted by molar-refractivity contribution is 5.76. The molecule has 0 saturated heterocycles. The summed E-state index contributed by atoms with van der Waals surface area (Å²) in [6, 6.07) is -0.641. The van der Waals surface area contributed by atoms with Gasteiger partial charge in [-0.2, -0.15) is 0 Å². The molecule has 0 bridgehead atoms.